The Bertz CT molecular complexity index is 396. The number of aromatic nitrogens is 2. The highest BCUT2D eigenvalue weighted by molar-refractivity contribution is 5.76. The van der Waals surface area contributed by atoms with E-state index >= 15 is 0 Å². The number of ether oxygens (including phenoxy) is 1. The topological polar surface area (TPSA) is 64.3 Å². The Hall–Kier alpha value is -1.36. The maximum atomic E-state index is 11.3. The minimum Gasteiger partial charge on any atom is -0.467 e. The van der Waals surface area contributed by atoms with E-state index in [1.54, 1.807) is 25.6 Å². The molecule has 0 saturated carbocycles. The molecule has 1 heterocycles. The molecule has 1 N–H and O–H groups in total. The van der Waals surface area contributed by atoms with Crippen LogP contribution in [0.25, 0.3) is 0 Å². The highest BCUT2D eigenvalue weighted by atomic mass is 16.5. The summed E-state index contributed by atoms with van der Waals surface area (Å²) in [7, 11) is 3.05. The molecule has 1 rings (SSSR count). The predicted octanol–water partition coefficient (Wildman–Crippen LogP) is 0.540. The minimum atomic E-state index is -1.20. The molecule has 0 aliphatic rings. The van der Waals surface area contributed by atoms with Gasteiger partial charge in [0.25, 0.3) is 0 Å². The highest BCUT2D eigenvalue weighted by Gasteiger charge is 2.38. The number of aliphatic hydroxyl groups excluding tert-OH is 1. The van der Waals surface area contributed by atoms with Crippen molar-refractivity contribution >= 4 is 5.97 Å². The maximum absolute atomic E-state index is 11.3. The van der Waals surface area contributed by atoms with Crippen molar-refractivity contribution in [1.82, 2.24) is 9.78 Å². The van der Waals surface area contributed by atoms with Crippen molar-refractivity contribution in [1.29, 1.82) is 0 Å². The first-order valence-corrected chi connectivity index (χ1v) is 5.07. The molecule has 0 aliphatic carbocycles. The standard InChI is InChI=1S/C11H18N2O3/c1-7-6-8(13(4)12-7)11(2,3)9(14)10(15)16-5/h6,9,14H,1-5H3. The normalized spacial score (nSPS) is 13.6. The first-order valence-electron chi connectivity index (χ1n) is 5.07. The van der Waals surface area contributed by atoms with Gasteiger partial charge in [-0.2, -0.15) is 5.10 Å². The molecule has 16 heavy (non-hydrogen) atoms. The van der Waals surface area contributed by atoms with Crippen molar-refractivity contribution in [2.75, 3.05) is 7.11 Å². The molecular weight excluding hydrogens is 208 g/mol. The molecule has 1 aromatic heterocycles. The first-order chi connectivity index (χ1) is 7.30. The molecule has 0 aromatic carbocycles. The van der Waals surface area contributed by atoms with Gasteiger partial charge in [-0.05, 0) is 13.0 Å². The lowest BCUT2D eigenvalue weighted by molar-refractivity contribution is -0.154. The van der Waals surface area contributed by atoms with E-state index in [4.69, 9.17) is 0 Å². The van der Waals surface area contributed by atoms with E-state index in [-0.39, 0.29) is 0 Å². The molecule has 0 bridgehead atoms. The van der Waals surface area contributed by atoms with E-state index in [0.717, 1.165) is 11.4 Å². The number of aliphatic hydroxyl groups is 1. The molecule has 0 fully saturated rings. The van der Waals surface area contributed by atoms with Crippen LogP contribution in [0.3, 0.4) is 0 Å². The smallest absolute Gasteiger partial charge is 0.335 e. The zero-order valence-corrected chi connectivity index (χ0v) is 10.3. The van der Waals surface area contributed by atoms with E-state index in [1.165, 1.54) is 7.11 Å². The van der Waals surface area contributed by atoms with E-state index in [1.807, 2.05) is 13.0 Å². The fourth-order valence-electron chi connectivity index (χ4n) is 1.76. The molecule has 0 aliphatic heterocycles. The molecule has 1 unspecified atom stereocenters. The third-order valence-electron chi connectivity index (χ3n) is 2.77. The lowest BCUT2D eigenvalue weighted by atomic mass is 9.82. The molecule has 0 saturated heterocycles. The van der Waals surface area contributed by atoms with Gasteiger partial charge in [-0.3, -0.25) is 4.68 Å². The fourth-order valence-corrected chi connectivity index (χ4v) is 1.76. The summed E-state index contributed by atoms with van der Waals surface area (Å²) < 4.78 is 6.22. The average molecular weight is 226 g/mol. The molecular formula is C11H18N2O3. The van der Waals surface area contributed by atoms with Crippen LogP contribution in [0.15, 0.2) is 6.07 Å². The molecule has 1 aromatic rings. The number of carbonyl (C=O) groups excluding carboxylic acids is 1. The lowest BCUT2D eigenvalue weighted by Gasteiger charge is -2.28. The van der Waals surface area contributed by atoms with Gasteiger partial charge >= 0.3 is 5.97 Å². The summed E-state index contributed by atoms with van der Waals surface area (Å²) in [4.78, 5) is 11.3. The fraction of sp³-hybridized carbons (Fsp3) is 0.636. The van der Waals surface area contributed by atoms with Crippen LogP contribution in [-0.2, 0) is 22.0 Å². The van der Waals surface area contributed by atoms with Crippen LogP contribution in [0, 0.1) is 6.92 Å². The first kappa shape index (κ1) is 12.7. The van der Waals surface area contributed by atoms with Gasteiger partial charge in [0.2, 0.25) is 0 Å². The Kier molecular flexibility index (Phi) is 3.38. The molecule has 90 valence electrons. The van der Waals surface area contributed by atoms with Crippen LogP contribution in [-0.4, -0.2) is 34.1 Å². The molecule has 0 radical (unpaired) electrons. The SMILES string of the molecule is COC(=O)C(O)C(C)(C)c1cc(C)nn1C. The minimum absolute atomic E-state index is 0.635. The second-order valence-corrected chi connectivity index (χ2v) is 4.44. The lowest BCUT2D eigenvalue weighted by Crippen LogP contribution is -2.41. The number of hydrogen-bond donors (Lipinski definition) is 1. The summed E-state index contributed by atoms with van der Waals surface area (Å²) in [5.74, 6) is -0.635. The molecule has 1 atom stereocenters. The number of methoxy groups -OCH3 is 1. The van der Waals surface area contributed by atoms with E-state index in [0.29, 0.717) is 0 Å². The maximum Gasteiger partial charge on any atom is 0.335 e. The van der Waals surface area contributed by atoms with Crippen molar-refractivity contribution in [2.24, 2.45) is 7.05 Å². The van der Waals surface area contributed by atoms with Gasteiger partial charge in [-0.25, -0.2) is 4.79 Å². The van der Waals surface area contributed by atoms with Crippen LogP contribution in [0.5, 0.6) is 0 Å². The molecule has 0 amide bonds. The van der Waals surface area contributed by atoms with Gasteiger partial charge in [0.15, 0.2) is 6.10 Å². The van der Waals surface area contributed by atoms with Crippen LogP contribution in [0.1, 0.15) is 25.2 Å². The van der Waals surface area contributed by atoms with Crippen molar-refractivity contribution in [3.05, 3.63) is 17.5 Å². The molecule has 5 heteroatoms. The van der Waals surface area contributed by atoms with Crippen molar-refractivity contribution in [3.63, 3.8) is 0 Å². The monoisotopic (exact) mass is 226 g/mol. The second-order valence-electron chi connectivity index (χ2n) is 4.44. The Morgan fingerprint density at radius 3 is 2.56 bits per heavy atom. The Morgan fingerprint density at radius 2 is 2.19 bits per heavy atom. The number of aryl methyl sites for hydroxylation is 2. The Labute approximate surface area is 95.0 Å². The van der Waals surface area contributed by atoms with E-state index in [2.05, 4.69) is 9.84 Å². The number of hydrogen-bond acceptors (Lipinski definition) is 4. The van der Waals surface area contributed by atoms with Crippen LogP contribution < -0.4 is 0 Å². The predicted molar refractivity (Wildman–Crippen MR) is 59.0 cm³/mol. The Balaban J connectivity index is 3.10. The summed E-state index contributed by atoms with van der Waals surface area (Å²) in [6, 6.07) is 1.85. The van der Waals surface area contributed by atoms with Gasteiger partial charge in [-0.15, -0.1) is 0 Å². The quantitative estimate of drug-likeness (QED) is 0.764. The van der Waals surface area contributed by atoms with Crippen molar-refractivity contribution < 1.29 is 14.6 Å². The summed E-state index contributed by atoms with van der Waals surface area (Å²) >= 11 is 0. The van der Waals surface area contributed by atoms with Gasteiger partial charge in [-0.1, -0.05) is 13.8 Å². The number of rotatable bonds is 3. The zero-order chi connectivity index (χ0) is 12.5. The van der Waals surface area contributed by atoms with Crippen LogP contribution in [0.4, 0.5) is 0 Å². The van der Waals surface area contributed by atoms with Crippen LogP contribution >= 0.6 is 0 Å². The second kappa shape index (κ2) is 4.25. The van der Waals surface area contributed by atoms with Gasteiger partial charge in [0.05, 0.1) is 12.8 Å². The van der Waals surface area contributed by atoms with Gasteiger partial charge in [0.1, 0.15) is 0 Å². The summed E-state index contributed by atoms with van der Waals surface area (Å²) in [6.45, 7) is 5.43. The van der Waals surface area contributed by atoms with E-state index < -0.39 is 17.5 Å². The number of carbonyl (C=O) groups is 1. The van der Waals surface area contributed by atoms with Crippen LogP contribution in [0.2, 0.25) is 0 Å². The van der Waals surface area contributed by atoms with Gasteiger partial charge < -0.3 is 9.84 Å². The third-order valence-corrected chi connectivity index (χ3v) is 2.77. The summed E-state index contributed by atoms with van der Waals surface area (Å²) in [5, 5.41) is 14.1. The number of nitrogens with zero attached hydrogens (tertiary/aromatic N) is 2. The Morgan fingerprint density at radius 1 is 1.62 bits per heavy atom. The third kappa shape index (κ3) is 2.09. The number of esters is 1. The average Bonchev–Trinajstić information content (AvgIpc) is 2.56. The summed E-state index contributed by atoms with van der Waals surface area (Å²) in [6.07, 6.45) is -1.20. The van der Waals surface area contributed by atoms with Crippen molar-refractivity contribution in [3.8, 4) is 0 Å². The van der Waals surface area contributed by atoms with E-state index in [9.17, 15) is 9.90 Å². The zero-order valence-electron chi connectivity index (χ0n) is 10.3. The summed E-state index contributed by atoms with van der Waals surface area (Å²) in [5.41, 5.74) is 0.911. The molecule has 0 spiro atoms. The highest BCUT2D eigenvalue weighted by Crippen LogP contribution is 2.28. The van der Waals surface area contributed by atoms with Gasteiger partial charge in [0, 0.05) is 18.2 Å². The van der Waals surface area contributed by atoms with Crippen molar-refractivity contribution in [2.45, 2.75) is 32.3 Å². The largest absolute Gasteiger partial charge is 0.467 e. The molecule has 5 nitrogen and oxygen atoms in total.